The minimum atomic E-state index is 0.953. The van der Waals surface area contributed by atoms with Crippen molar-refractivity contribution in [1.29, 1.82) is 0 Å². The number of unbranched alkanes of at least 4 members (excludes halogenated alkanes) is 5. The fourth-order valence-electron chi connectivity index (χ4n) is 2.17. The molecule has 0 saturated carbocycles. The van der Waals surface area contributed by atoms with E-state index >= 15 is 0 Å². The standard InChI is InChI=1S/C15H29N3/c1-3-5-6-7-8-9-11-16-14-15-10-12-17-18(15)13-4-2/h10,12,16H,3-9,11,13-14H2,1-2H3. The van der Waals surface area contributed by atoms with Gasteiger partial charge in [0.25, 0.3) is 0 Å². The Balaban J connectivity index is 2.01. The van der Waals surface area contributed by atoms with Crippen LogP contribution in [-0.4, -0.2) is 16.3 Å². The molecule has 1 rings (SSSR count). The number of aryl methyl sites for hydroxylation is 1. The Morgan fingerprint density at radius 1 is 1.06 bits per heavy atom. The second-order valence-electron chi connectivity index (χ2n) is 4.99. The smallest absolute Gasteiger partial charge is 0.0522 e. The Morgan fingerprint density at radius 2 is 1.83 bits per heavy atom. The van der Waals surface area contributed by atoms with Gasteiger partial charge >= 0.3 is 0 Å². The van der Waals surface area contributed by atoms with E-state index in [2.05, 4.69) is 35.0 Å². The van der Waals surface area contributed by atoms with Crippen molar-refractivity contribution in [2.45, 2.75) is 71.9 Å². The quantitative estimate of drug-likeness (QED) is 0.607. The molecule has 3 heteroatoms. The molecule has 0 bridgehead atoms. The Kier molecular flexibility index (Phi) is 8.57. The first kappa shape index (κ1) is 15.2. The summed E-state index contributed by atoms with van der Waals surface area (Å²) in [5, 5.41) is 7.85. The maximum absolute atomic E-state index is 4.33. The van der Waals surface area contributed by atoms with Crippen LogP contribution in [0.4, 0.5) is 0 Å². The minimum Gasteiger partial charge on any atom is -0.311 e. The van der Waals surface area contributed by atoms with Crippen molar-refractivity contribution >= 4 is 0 Å². The highest BCUT2D eigenvalue weighted by molar-refractivity contribution is 4.99. The van der Waals surface area contributed by atoms with E-state index in [4.69, 9.17) is 0 Å². The molecular formula is C15H29N3. The third kappa shape index (κ3) is 6.20. The summed E-state index contributed by atoms with van der Waals surface area (Å²) in [7, 11) is 0. The third-order valence-corrected chi connectivity index (χ3v) is 3.25. The molecule has 0 aliphatic rings. The van der Waals surface area contributed by atoms with Crippen molar-refractivity contribution in [3.8, 4) is 0 Å². The maximum atomic E-state index is 4.33. The fraction of sp³-hybridized carbons (Fsp3) is 0.800. The third-order valence-electron chi connectivity index (χ3n) is 3.25. The summed E-state index contributed by atoms with van der Waals surface area (Å²) < 4.78 is 2.11. The first-order chi connectivity index (χ1) is 8.88. The van der Waals surface area contributed by atoms with Crippen LogP contribution in [0.5, 0.6) is 0 Å². The van der Waals surface area contributed by atoms with E-state index in [1.165, 1.54) is 44.2 Å². The molecule has 0 spiro atoms. The molecule has 1 aromatic heterocycles. The molecule has 1 heterocycles. The van der Waals surface area contributed by atoms with Gasteiger partial charge in [-0.1, -0.05) is 46.0 Å². The second-order valence-corrected chi connectivity index (χ2v) is 4.99. The number of rotatable bonds is 11. The van der Waals surface area contributed by atoms with E-state index in [9.17, 15) is 0 Å². The zero-order chi connectivity index (χ0) is 13.1. The van der Waals surface area contributed by atoms with Gasteiger partial charge in [0.05, 0.1) is 5.69 Å². The van der Waals surface area contributed by atoms with Gasteiger partial charge in [-0.2, -0.15) is 5.10 Å². The maximum Gasteiger partial charge on any atom is 0.0522 e. The highest BCUT2D eigenvalue weighted by Crippen LogP contribution is 2.04. The zero-order valence-electron chi connectivity index (χ0n) is 12.1. The van der Waals surface area contributed by atoms with Gasteiger partial charge in [-0.15, -0.1) is 0 Å². The number of aromatic nitrogens is 2. The van der Waals surface area contributed by atoms with E-state index in [1.54, 1.807) is 0 Å². The van der Waals surface area contributed by atoms with Crippen molar-refractivity contribution in [2.75, 3.05) is 6.54 Å². The average molecular weight is 251 g/mol. The van der Waals surface area contributed by atoms with E-state index in [-0.39, 0.29) is 0 Å². The normalized spacial score (nSPS) is 11.0. The predicted molar refractivity (Wildman–Crippen MR) is 77.6 cm³/mol. The SMILES string of the molecule is CCCCCCCCNCc1ccnn1CCC. The fourth-order valence-corrected chi connectivity index (χ4v) is 2.17. The molecular weight excluding hydrogens is 222 g/mol. The Bertz CT molecular complexity index is 294. The van der Waals surface area contributed by atoms with E-state index in [0.29, 0.717) is 0 Å². The van der Waals surface area contributed by atoms with Gasteiger partial charge in [-0.25, -0.2) is 0 Å². The van der Waals surface area contributed by atoms with Crippen LogP contribution in [0.25, 0.3) is 0 Å². The Morgan fingerprint density at radius 3 is 2.61 bits per heavy atom. The van der Waals surface area contributed by atoms with E-state index in [1.807, 2.05) is 6.20 Å². The van der Waals surface area contributed by atoms with Crippen LogP contribution in [-0.2, 0) is 13.1 Å². The van der Waals surface area contributed by atoms with Crippen molar-refractivity contribution in [3.63, 3.8) is 0 Å². The Hall–Kier alpha value is -0.830. The molecule has 0 aliphatic carbocycles. The summed E-state index contributed by atoms with van der Waals surface area (Å²) in [5.74, 6) is 0. The van der Waals surface area contributed by atoms with Gasteiger partial charge in [-0.3, -0.25) is 4.68 Å². The van der Waals surface area contributed by atoms with Gasteiger partial charge < -0.3 is 5.32 Å². The summed E-state index contributed by atoms with van der Waals surface area (Å²) in [6.45, 7) is 7.57. The summed E-state index contributed by atoms with van der Waals surface area (Å²) in [5.41, 5.74) is 1.31. The highest BCUT2D eigenvalue weighted by atomic mass is 15.3. The molecule has 18 heavy (non-hydrogen) atoms. The largest absolute Gasteiger partial charge is 0.311 e. The summed E-state index contributed by atoms with van der Waals surface area (Å²) >= 11 is 0. The predicted octanol–water partition coefficient (Wildman–Crippen LogP) is 3.74. The molecule has 0 atom stereocenters. The molecule has 0 aromatic carbocycles. The Labute approximate surface area is 112 Å². The highest BCUT2D eigenvalue weighted by Gasteiger charge is 2.00. The first-order valence-corrected chi connectivity index (χ1v) is 7.59. The molecule has 0 amide bonds. The molecule has 1 aromatic rings. The van der Waals surface area contributed by atoms with Crippen LogP contribution >= 0.6 is 0 Å². The van der Waals surface area contributed by atoms with Crippen LogP contribution in [0.3, 0.4) is 0 Å². The van der Waals surface area contributed by atoms with Crippen molar-refractivity contribution < 1.29 is 0 Å². The summed E-state index contributed by atoms with van der Waals surface area (Å²) in [6.07, 6.45) is 11.2. The zero-order valence-corrected chi connectivity index (χ0v) is 12.1. The van der Waals surface area contributed by atoms with Crippen LogP contribution in [0.1, 0.15) is 64.5 Å². The van der Waals surface area contributed by atoms with Crippen LogP contribution in [0, 0.1) is 0 Å². The molecule has 1 N–H and O–H groups in total. The van der Waals surface area contributed by atoms with Crippen molar-refractivity contribution in [1.82, 2.24) is 15.1 Å². The van der Waals surface area contributed by atoms with Crippen LogP contribution in [0.15, 0.2) is 12.3 Å². The molecule has 0 unspecified atom stereocenters. The minimum absolute atomic E-state index is 0.953. The molecule has 0 saturated heterocycles. The summed E-state index contributed by atoms with van der Waals surface area (Å²) in [6, 6.07) is 2.11. The lowest BCUT2D eigenvalue weighted by atomic mass is 10.1. The molecule has 0 fully saturated rings. The van der Waals surface area contributed by atoms with Crippen LogP contribution < -0.4 is 5.32 Å². The lowest BCUT2D eigenvalue weighted by Gasteiger charge is -2.07. The van der Waals surface area contributed by atoms with Gasteiger partial charge in [0.15, 0.2) is 0 Å². The molecule has 3 nitrogen and oxygen atoms in total. The lowest BCUT2D eigenvalue weighted by molar-refractivity contribution is 0.533. The van der Waals surface area contributed by atoms with Crippen molar-refractivity contribution in [2.24, 2.45) is 0 Å². The number of hydrogen-bond acceptors (Lipinski definition) is 2. The molecule has 104 valence electrons. The monoisotopic (exact) mass is 251 g/mol. The average Bonchev–Trinajstić information content (AvgIpc) is 2.81. The summed E-state index contributed by atoms with van der Waals surface area (Å²) in [4.78, 5) is 0. The first-order valence-electron chi connectivity index (χ1n) is 7.59. The lowest BCUT2D eigenvalue weighted by Crippen LogP contribution is -2.18. The molecule has 0 aliphatic heterocycles. The second kappa shape index (κ2) is 10.1. The number of nitrogens with zero attached hydrogens (tertiary/aromatic N) is 2. The number of hydrogen-bond donors (Lipinski definition) is 1. The topological polar surface area (TPSA) is 29.9 Å². The van der Waals surface area contributed by atoms with E-state index in [0.717, 1.165) is 26.1 Å². The van der Waals surface area contributed by atoms with Gasteiger partial charge in [-0.05, 0) is 25.5 Å². The van der Waals surface area contributed by atoms with Gasteiger partial charge in [0.1, 0.15) is 0 Å². The molecule has 0 radical (unpaired) electrons. The van der Waals surface area contributed by atoms with Crippen molar-refractivity contribution in [3.05, 3.63) is 18.0 Å². The van der Waals surface area contributed by atoms with Crippen LogP contribution in [0.2, 0.25) is 0 Å². The number of nitrogens with one attached hydrogen (secondary N) is 1. The van der Waals surface area contributed by atoms with Gasteiger partial charge in [0.2, 0.25) is 0 Å². The van der Waals surface area contributed by atoms with Gasteiger partial charge in [0, 0.05) is 19.3 Å². The van der Waals surface area contributed by atoms with E-state index < -0.39 is 0 Å².